The fraction of sp³-hybridized carbons (Fsp3) is 0.667. The van der Waals surface area contributed by atoms with Crippen molar-refractivity contribution in [2.45, 2.75) is 45.6 Å². The van der Waals surface area contributed by atoms with Gasteiger partial charge in [0.2, 0.25) is 0 Å². The fourth-order valence-electron chi connectivity index (χ4n) is 3.39. The van der Waals surface area contributed by atoms with Crippen LogP contribution < -0.4 is 5.73 Å². The van der Waals surface area contributed by atoms with E-state index in [-0.39, 0.29) is 0 Å². The number of nitrogen functional groups attached to an aromatic ring is 1. The van der Waals surface area contributed by atoms with Gasteiger partial charge in [-0.15, -0.1) is 0 Å². The Hall–Kier alpha value is -1.09. The van der Waals surface area contributed by atoms with E-state index >= 15 is 0 Å². The number of nitrogens with zero attached hydrogens (tertiary/aromatic N) is 1. The van der Waals surface area contributed by atoms with Gasteiger partial charge in [0.25, 0.3) is 0 Å². The topological polar surface area (TPSA) is 48.1 Å². The van der Waals surface area contributed by atoms with E-state index in [1.807, 2.05) is 6.20 Å². The fourth-order valence-corrected chi connectivity index (χ4v) is 3.39. The van der Waals surface area contributed by atoms with E-state index in [0.29, 0.717) is 23.9 Å². The number of rotatable bonds is 3. The predicted molar refractivity (Wildman–Crippen MR) is 74.4 cm³/mol. The molecule has 0 amide bonds. The highest BCUT2D eigenvalue weighted by molar-refractivity contribution is 5.46. The number of pyridine rings is 1. The number of hydrogen-bond acceptors (Lipinski definition) is 3. The Kier molecular flexibility index (Phi) is 4.23. The molecule has 1 saturated carbocycles. The molecule has 2 rings (SSSR count). The van der Waals surface area contributed by atoms with Crippen molar-refractivity contribution >= 4 is 5.69 Å². The van der Waals surface area contributed by atoms with Gasteiger partial charge in [0, 0.05) is 12.8 Å². The van der Waals surface area contributed by atoms with Crippen LogP contribution in [0.2, 0.25) is 0 Å². The van der Waals surface area contributed by atoms with Crippen LogP contribution in [-0.4, -0.2) is 17.7 Å². The van der Waals surface area contributed by atoms with Crippen LogP contribution in [0.3, 0.4) is 0 Å². The van der Waals surface area contributed by atoms with Gasteiger partial charge in [-0.05, 0) is 49.1 Å². The maximum Gasteiger partial charge on any atom is 0.0626 e. The lowest BCUT2D eigenvalue weighted by molar-refractivity contribution is -0.0369. The lowest BCUT2D eigenvalue weighted by Gasteiger charge is -2.39. The maximum absolute atomic E-state index is 6.04. The molecule has 1 aromatic rings. The molecule has 0 aromatic carbocycles. The van der Waals surface area contributed by atoms with Gasteiger partial charge >= 0.3 is 0 Å². The zero-order chi connectivity index (χ0) is 13.1. The minimum absolute atomic E-state index is 0.398. The average Bonchev–Trinajstić information content (AvgIpc) is 2.34. The van der Waals surface area contributed by atoms with E-state index in [1.54, 1.807) is 6.20 Å². The Bertz CT molecular complexity index is 382. The van der Waals surface area contributed by atoms with Crippen molar-refractivity contribution in [3.63, 3.8) is 0 Å². The summed E-state index contributed by atoms with van der Waals surface area (Å²) in [5.41, 5.74) is 8.13. The first-order valence-electron chi connectivity index (χ1n) is 6.94. The second kappa shape index (κ2) is 5.70. The third-order valence-corrected chi connectivity index (χ3v) is 4.12. The van der Waals surface area contributed by atoms with E-state index in [2.05, 4.69) is 31.8 Å². The summed E-state index contributed by atoms with van der Waals surface area (Å²) in [5.74, 6) is 1.73. The summed E-state index contributed by atoms with van der Waals surface area (Å²) < 4.78 is 5.88. The highest BCUT2D eigenvalue weighted by Gasteiger charge is 2.34. The molecule has 3 heteroatoms. The van der Waals surface area contributed by atoms with Crippen molar-refractivity contribution in [3.05, 3.63) is 24.0 Å². The van der Waals surface area contributed by atoms with Crippen molar-refractivity contribution in [2.75, 3.05) is 12.3 Å². The molecule has 0 saturated heterocycles. The highest BCUT2D eigenvalue weighted by Crippen LogP contribution is 2.41. The summed E-state index contributed by atoms with van der Waals surface area (Å²) in [6.07, 6.45) is 6.32. The molecule has 1 aliphatic carbocycles. The molecule has 1 aromatic heterocycles. The van der Waals surface area contributed by atoms with Crippen LogP contribution in [-0.2, 0) is 4.74 Å². The molecule has 0 bridgehead atoms. The summed E-state index contributed by atoms with van der Waals surface area (Å²) in [5, 5.41) is 0. The van der Waals surface area contributed by atoms with E-state index < -0.39 is 0 Å². The highest BCUT2D eigenvalue weighted by atomic mass is 16.5. The summed E-state index contributed by atoms with van der Waals surface area (Å²) in [4.78, 5) is 4.07. The zero-order valence-corrected chi connectivity index (χ0v) is 11.6. The monoisotopic (exact) mass is 248 g/mol. The van der Waals surface area contributed by atoms with Crippen LogP contribution in [0.4, 0.5) is 5.69 Å². The largest absolute Gasteiger partial charge is 0.397 e. The third-order valence-electron chi connectivity index (χ3n) is 4.12. The molecular formula is C15H24N2O. The summed E-state index contributed by atoms with van der Waals surface area (Å²) in [6, 6.07) is 2.07. The van der Waals surface area contributed by atoms with Crippen molar-refractivity contribution in [1.29, 1.82) is 0 Å². The van der Waals surface area contributed by atoms with E-state index in [0.717, 1.165) is 25.1 Å². The van der Waals surface area contributed by atoms with Gasteiger partial charge in [0.05, 0.1) is 18.0 Å². The second-order valence-electron chi connectivity index (χ2n) is 5.55. The van der Waals surface area contributed by atoms with Gasteiger partial charge in [-0.25, -0.2) is 0 Å². The van der Waals surface area contributed by atoms with Crippen LogP contribution in [0.15, 0.2) is 18.5 Å². The van der Waals surface area contributed by atoms with Crippen molar-refractivity contribution in [2.24, 2.45) is 11.8 Å². The van der Waals surface area contributed by atoms with Gasteiger partial charge in [0.15, 0.2) is 0 Å². The molecule has 0 radical (unpaired) electrons. The number of hydrogen-bond donors (Lipinski definition) is 1. The number of nitrogens with two attached hydrogens (primary N) is 1. The molecular weight excluding hydrogens is 224 g/mol. The molecule has 1 fully saturated rings. The van der Waals surface area contributed by atoms with Crippen molar-refractivity contribution < 1.29 is 4.74 Å². The molecule has 1 aliphatic rings. The zero-order valence-electron chi connectivity index (χ0n) is 11.6. The standard InChI is InChI=1S/C15H24N2O/c1-4-18-15-10(2)7-12(8-11(15)3)13-5-6-17-9-14(13)16/h5-6,9-12,15H,4,7-8,16H2,1-3H3/t10-,11+,12?,15?. The normalized spacial score (nSPS) is 32.4. The molecule has 3 nitrogen and oxygen atoms in total. The summed E-state index contributed by atoms with van der Waals surface area (Å²) in [7, 11) is 0. The van der Waals surface area contributed by atoms with E-state index in [9.17, 15) is 0 Å². The van der Waals surface area contributed by atoms with E-state index in [1.165, 1.54) is 5.56 Å². The van der Waals surface area contributed by atoms with Crippen molar-refractivity contribution in [3.8, 4) is 0 Å². The smallest absolute Gasteiger partial charge is 0.0626 e. The van der Waals surface area contributed by atoms with Gasteiger partial charge in [-0.1, -0.05) is 13.8 Å². The van der Waals surface area contributed by atoms with Crippen LogP contribution in [0, 0.1) is 11.8 Å². The Balaban J connectivity index is 2.13. The van der Waals surface area contributed by atoms with Crippen molar-refractivity contribution in [1.82, 2.24) is 4.98 Å². The lowest BCUT2D eigenvalue weighted by Crippen LogP contribution is -2.36. The molecule has 18 heavy (non-hydrogen) atoms. The van der Waals surface area contributed by atoms with Crippen LogP contribution in [0.1, 0.15) is 45.1 Å². The molecule has 1 heterocycles. The first-order chi connectivity index (χ1) is 8.63. The molecule has 4 atom stereocenters. The van der Waals surface area contributed by atoms with Gasteiger partial charge < -0.3 is 10.5 Å². The number of ether oxygens (including phenoxy) is 1. The SMILES string of the molecule is CCOC1[C@H](C)CC(c2ccncc2N)C[C@@H]1C. The first kappa shape index (κ1) is 13.3. The molecule has 0 aliphatic heterocycles. The maximum atomic E-state index is 6.04. The Morgan fingerprint density at radius 1 is 1.33 bits per heavy atom. The lowest BCUT2D eigenvalue weighted by atomic mass is 9.72. The van der Waals surface area contributed by atoms with Gasteiger partial charge in [0.1, 0.15) is 0 Å². The van der Waals surface area contributed by atoms with Crippen LogP contribution in [0.5, 0.6) is 0 Å². The van der Waals surface area contributed by atoms with Gasteiger partial charge in [-0.3, -0.25) is 4.98 Å². The Morgan fingerprint density at radius 3 is 2.56 bits per heavy atom. The molecule has 0 spiro atoms. The predicted octanol–water partition coefficient (Wildman–Crippen LogP) is 3.22. The number of aromatic nitrogens is 1. The van der Waals surface area contributed by atoms with Crippen LogP contribution in [0.25, 0.3) is 0 Å². The quantitative estimate of drug-likeness (QED) is 0.893. The van der Waals surface area contributed by atoms with Crippen LogP contribution >= 0.6 is 0 Å². The summed E-state index contributed by atoms with van der Waals surface area (Å²) >= 11 is 0. The third kappa shape index (κ3) is 2.66. The summed E-state index contributed by atoms with van der Waals surface area (Å²) in [6.45, 7) is 7.47. The molecule has 2 N–H and O–H groups in total. The second-order valence-corrected chi connectivity index (χ2v) is 5.55. The molecule has 100 valence electrons. The van der Waals surface area contributed by atoms with E-state index in [4.69, 9.17) is 10.5 Å². The van der Waals surface area contributed by atoms with Gasteiger partial charge in [-0.2, -0.15) is 0 Å². The molecule has 2 unspecified atom stereocenters. The Morgan fingerprint density at radius 2 is 2.00 bits per heavy atom. The average molecular weight is 248 g/mol. The first-order valence-corrected chi connectivity index (χ1v) is 6.94. The Labute approximate surface area is 110 Å². The minimum atomic E-state index is 0.398. The minimum Gasteiger partial charge on any atom is -0.397 e. The number of anilines is 1.